The van der Waals surface area contributed by atoms with Crippen molar-refractivity contribution in [3.05, 3.63) is 71.3 Å². The second kappa shape index (κ2) is 12.6. The molecule has 3 aromatic carbocycles. The summed E-state index contributed by atoms with van der Waals surface area (Å²) in [5, 5.41) is 3.47. The van der Waals surface area contributed by atoms with Crippen molar-refractivity contribution in [3.8, 4) is 17.2 Å². The zero-order valence-corrected chi connectivity index (χ0v) is 23.4. The van der Waals surface area contributed by atoms with Gasteiger partial charge in [-0.05, 0) is 29.8 Å². The lowest BCUT2D eigenvalue weighted by Crippen LogP contribution is -2.16. The first kappa shape index (κ1) is 27.1. The predicted molar refractivity (Wildman–Crippen MR) is 155 cm³/mol. The Morgan fingerprint density at radius 2 is 1.18 bits per heavy atom. The van der Waals surface area contributed by atoms with Gasteiger partial charge in [0.25, 0.3) is 0 Å². The van der Waals surface area contributed by atoms with Crippen LogP contribution in [-0.4, -0.2) is 81.0 Å². The fourth-order valence-electron chi connectivity index (χ4n) is 4.90. The maximum Gasteiger partial charge on any atom is 0.142 e. The number of nitrogens with one attached hydrogen (secondary N) is 1. The summed E-state index contributed by atoms with van der Waals surface area (Å²) in [5.74, 6) is 2.54. The molecule has 0 saturated heterocycles. The molecule has 2 aliphatic heterocycles. The molecule has 1 N–H and O–H groups in total. The molecule has 0 bridgehead atoms. The Kier molecular flexibility index (Phi) is 8.76. The summed E-state index contributed by atoms with van der Waals surface area (Å²) in [6.45, 7) is 4.43. The van der Waals surface area contributed by atoms with Crippen LogP contribution in [0.3, 0.4) is 0 Å². The molecule has 3 aromatic rings. The first-order valence-corrected chi connectivity index (χ1v) is 13.6. The van der Waals surface area contributed by atoms with Gasteiger partial charge in [-0.3, -0.25) is 0 Å². The largest absolute Gasteiger partial charge is 0.489 e. The number of nitrogens with zero attached hydrogens (tertiary/aromatic N) is 2. The Balaban J connectivity index is 1.52. The van der Waals surface area contributed by atoms with Gasteiger partial charge in [0.15, 0.2) is 0 Å². The summed E-state index contributed by atoms with van der Waals surface area (Å²) in [5.41, 5.74) is 6.53. The maximum atomic E-state index is 6.51. The molecule has 8 nitrogen and oxygen atoms in total. The summed E-state index contributed by atoms with van der Waals surface area (Å²) in [6, 6.07) is 19.3. The third kappa shape index (κ3) is 6.41. The molecular formula is C31H39N3O5. The minimum absolute atomic E-state index is 0.00147. The van der Waals surface area contributed by atoms with Gasteiger partial charge in [-0.1, -0.05) is 18.2 Å². The zero-order valence-electron chi connectivity index (χ0n) is 23.4. The van der Waals surface area contributed by atoms with Crippen molar-refractivity contribution in [3.63, 3.8) is 0 Å². The smallest absolute Gasteiger partial charge is 0.142 e. The lowest BCUT2D eigenvalue weighted by atomic mass is 9.82. The van der Waals surface area contributed by atoms with Gasteiger partial charge in [0.05, 0.1) is 45.3 Å². The zero-order chi connectivity index (χ0) is 27.2. The van der Waals surface area contributed by atoms with E-state index in [1.807, 2.05) is 28.2 Å². The SMILES string of the molecule is CN(C)c1ccc2c(c1)Oc1cc(N(C)C)ccc1C2c1ccc2c(c1)OCCOCCOCCOCCN2. The number of hydrogen-bond donors (Lipinski definition) is 1. The first-order valence-electron chi connectivity index (χ1n) is 13.6. The molecule has 0 fully saturated rings. The monoisotopic (exact) mass is 533 g/mol. The molecule has 8 heteroatoms. The van der Waals surface area contributed by atoms with E-state index in [1.165, 1.54) is 0 Å². The van der Waals surface area contributed by atoms with E-state index in [-0.39, 0.29) is 5.92 Å². The lowest BCUT2D eigenvalue weighted by molar-refractivity contribution is 0.0114. The van der Waals surface area contributed by atoms with Crippen molar-refractivity contribution in [1.82, 2.24) is 0 Å². The van der Waals surface area contributed by atoms with Crippen LogP contribution in [0.25, 0.3) is 0 Å². The topological polar surface area (TPSA) is 64.7 Å². The fraction of sp³-hybridized carbons (Fsp3) is 0.419. The highest BCUT2D eigenvalue weighted by Crippen LogP contribution is 2.50. The van der Waals surface area contributed by atoms with E-state index in [0.717, 1.165) is 51.0 Å². The van der Waals surface area contributed by atoms with Crippen molar-refractivity contribution in [2.45, 2.75) is 5.92 Å². The number of hydrogen-bond acceptors (Lipinski definition) is 8. The number of anilines is 3. The molecular weight excluding hydrogens is 494 g/mol. The molecule has 0 unspecified atom stereocenters. The van der Waals surface area contributed by atoms with Crippen molar-refractivity contribution in [2.24, 2.45) is 0 Å². The van der Waals surface area contributed by atoms with Crippen LogP contribution in [-0.2, 0) is 14.2 Å². The van der Waals surface area contributed by atoms with Crippen LogP contribution in [0.5, 0.6) is 17.2 Å². The highest BCUT2D eigenvalue weighted by atomic mass is 16.6. The summed E-state index contributed by atoms with van der Waals surface area (Å²) < 4.78 is 29.7. The Labute approximate surface area is 231 Å². The second-order valence-electron chi connectivity index (χ2n) is 10.1. The molecule has 2 aliphatic rings. The average molecular weight is 534 g/mol. The van der Waals surface area contributed by atoms with Gasteiger partial charge < -0.3 is 38.8 Å². The van der Waals surface area contributed by atoms with Crippen molar-refractivity contribution in [2.75, 3.05) is 96.1 Å². The molecule has 0 spiro atoms. The highest BCUT2D eigenvalue weighted by molar-refractivity contribution is 5.67. The molecule has 0 aromatic heterocycles. The maximum absolute atomic E-state index is 6.51. The number of benzene rings is 3. The van der Waals surface area contributed by atoms with Gasteiger partial charge in [-0.2, -0.15) is 0 Å². The Morgan fingerprint density at radius 1 is 0.615 bits per heavy atom. The molecule has 5 rings (SSSR count). The van der Waals surface area contributed by atoms with Crippen molar-refractivity contribution < 1.29 is 23.7 Å². The summed E-state index contributed by atoms with van der Waals surface area (Å²) in [6.07, 6.45) is 0. The minimum atomic E-state index is -0.00147. The molecule has 0 atom stereocenters. The average Bonchev–Trinajstić information content (AvgIpc) is 2.94. The molecule has 208 valence electrons. The van der Waals surface area contributed by atoms with Crippen LogP contribution in [0.2, 0.25) is 0 Å². The number of ether oxygens (including phenoxy) is 5. The standard InChI is InChI=1S/C31H39N3O5/c1-33(2)23-6-8-25-28(20-23)39-29-21-24(34(3)4)7-9-26(29)31(25)22-5-10-27-30(19-22)38-18-17-37-16-15-36-14-13-35-12-11-32-27/h5-10,19-21,31-32H,11-18H2,1-4H3. The molecule has 2 heterocycles. The Morgan fingerprint density at radius 3 is 1.77 bits per heavy atom. The van der Waals surface area contributed by atoms with Crippen molar-refractivity contribution in [1.29, 1.82) is 0 Å². The molecule has 0 aliphatic carbocycles. The van der Waals surface area contributed by atoms with Gasteiger partial charge in [-0.15, -0.1) is 0 Å². The van der Waals surface area contributed by atoms with E-state index in [0.29, 0.717) is 52.8 Å². The first-order chi connectivity index (χ1) is 19.0. The van der Waals surface area contributed by atoms with Crippen LogP contribution in [0.4, 0.5) is 17.1 Å². The van der Waals surface area contributed by atoms with Gasteiger partial charge >= 0.3 is 0 Å². The third-order valence-corrected chi connectivity index (χ3v) is 7.00. The van der Waals surface area contributed by atoms with Crippen LogP contribution in [0, 0.1) is 0 Å². The summed E-state index contributed by atoms with van der Waals surface area (Å²) >= 11 is 0. The van der Waals surface area contributed by atoms with E-state index >= 15 is 0 Å². The van der Waals surface area contributed by atoms with Gasteiger partial charge in [0, 0.05) is 75.3 Å². The van der Waals surface area contributed by atoms with E-state index < -0.39 is 0 Å². The van der Waals surface area contributed by atoms with Crippen molar-refractivity contribution >= 4 is 17.1 Å². The number of fused-ring (bicyclic) bond motifs is 3. The van der Waals surface area contributed by atoms with E-state index in [9.17, 15) is 0 Å². The molecule has 0 radical (unpaired) electrons. The molecule has 0 saturated carbocycles. The van der Waals surface area contributed by atoms with Crippen LogP contribution in [0.15, 0.2) is 54.6 Å². The highest BCUT2D eigenvalue weighted by Gasteiger charge is 2.30. The predicted octanol–water partition coefficient (Wildman–Crippen LogP) is 4.96. The van der Waals surface area contributed by atoms with Gasteiger partial charge in [-0.25, -0.2) is 0 Å². The van der Waals surface area contributed by atoms with E-state index in [2.05, 4.69) is 69.7 Å². The summed E-state index contributed by atoms with van der Waals surface area (Å²) in [7, 11) is 8.17. The van der Waals surface area contributed by atoms with Gasteiger partial charge in [0.2, 0.25) is 0 Å². The molecule has 0 amide bonds. The minimum Gasteiger partial charge on any atom is -0.489 e. The van der Waals surface area contributed by atoms with Crippen LogP contribution in [0.1, 0.15) is 22.6 Å². The second-order valence-corrected chi connectivity index (χ2v) is 10.1. The van der Waals surface area contributed by atoms with E-state index in [4.69, 9.17) is 23.7 Å². The normalized spacial score (nSPS) is 16.6. The Bertz CT molecular complexity index is 1210. The van der Waals surface area contributed by atoms with Crippen LogP contribution >= 0.6 is 0 Å². The lowest BCUT2D eigenvalue weighted by Gasteiger charge is -2.31. The number of rotatable bonds is 3. The Hall–Kier alpha value is -3.46. The summed E-state index contributed by atoms with van der Waals surface area (Å²) in [4.78, 5) is 4.19. The fourth-order valence-corrected chi connectivity index (χ4v) is 4.90. The van der Waals surface area contributed by atoms with Gasteiger partial charge in [0.1, 0.15) is 23.9 Å². The quantitative estimate of drug-likeness (QED) is 0.397. The third-order valence-electron chi connectivity index (χ3n) is 7.00. The van der Waals surface area contributed by atoms with E-state index in [1.54, 1.807) is 0 Å². The van der Waals surface area contributed by atoms with Crippen LogP contribution < -0.4 is 24.6 Å². The molecule has 39 heavy (non-hydrogen) atoms.